The standard InChI is InChI=1S/C7H6Cl2N2O2/c8-4-1-5(9)7(11-2-4)13-3-6(10)12/h1-2H,3H2,(H2,10,12). The first kappa shape index (κ1) is 10.1. The SMILES string of the molecule is NC(=O)COc1ncc(Cl)cc1Cl. The number of halogens is 2. The largest absolute Gasteiger partial charge is 0.467 e. The molecule has 0 atom stereocenters. The normalized spacial score (nSPS) is 9.69. The molecule has 0 unspecified atom stereocenters. The zero-order valence-electron chi connectivity index (χ0n) is 6.46. The maximum absolute atomic E-state index is 10.4. The van der Waals surface area contributed by atoms with Gasteiger partial charge >= 0.3 is 0 Å². The topological polar surface area (TPSA) is 65.2 Å². The molecule has 4 nitrogen and oxygen atoms in total. The van der Waals surface area contributed by atoms with Gasteiger partial charge in [0.25, 0.3) is 5.91 Å². The van der Waals surface area contributed by atoms with Crippen LogP contribution >= 0.6 is 23.2 Å². The fraction of sp³-hybridized carbons (Fsp3) is 0.143. The molecular weight excluding hydrogens is 215 g/mol. The number of rotatable bonds is 3. The molecule has 70 valence electrons. The summed E-state index contributed by atoms with van der Waals surface area (Å²) in [6.07, 6.45) is 1.36. The minimum atomic E-state index is -0.590. The van der Waals surface area contributed by atoms with Crippen molar-refractivity contribution in [2.75, 3.05) is 6.61 Å². The molecule has 0 aliphatic heterocycles. The Labute approximate surface area is 84.6 Å². The van der Waals surface area contributed by atoms with E-state index in [4.69, 9.17) is 33.7 Å². The van der Waals surface area contributed by atoms with Crippen LogP contribution < -0.4 is 10.5 Å². The average molecular weight is 221 g/mol. The van der Waals surface area contributed by atoms with Gasteiger partial charge in [-0.05, 0) is 6.07 Å². The van der Waals surface area contributed by atoms with Crippen LogP contribution in [0.25, 0.3) is 0 Å². The van der Waals surface area contributed by atoms with E-state index < -0.39 is 5.91 Å². The molecule has 1 aromatic heterocycles. The number of carbonyl (C=O) groups is 1. The Balaban J connectivity index is 2.72. The van der Waals surface area contributed by atoms with Gasteiger partial charge in [-0.3, -0.25) is 4.79 Å². The first-order chi connectivity index (χ1) is 6.09. The van der Waals surface area contributed by atoms with Crippen LogP contribution in [0.4, 0.5) is 0 Å². The highest BCUT2D eigenvalue weighted by Crippen LogP contribution is 2.24. The molecule has 0 saturated heterocycles. The van der Waals surface area contributed by atoms with Crippen LogP contribution in [0, 0.1) is 0 Å². The average Bonchev–Trinajstić information content (AvgIpc) is 2.02. The number of hydrogen-bond acceptors (Lipinski definition) is 3. The summed E-state index contributed by atoms with van der Waals surface area (Å²) in [6.45, 7) is -0.256. The van der Waals surface area contributed by atoms with Crippen LogP contribution in [0.2, 0.25) is 10.0 Å². The van der Waals surface area contributed by atoms with E-state index in [1.165, 1.54) is 12.3 Å². The zero-order valence-corrected chi connectivity index (χ0v) is 7.97. The van der Waals surface area contributed by atoms with E-state index in [-0.39, 0.29) is 17.5 Å². The minimum Gasteiger partial charge on any atom is -0.467 e. The lowest BCUT2D eigenvalue weighted by Crippen LogP contribution is -2.20. The van der Waals surface area contributed by atoms with Crippen molar-refractivity contribution in [1.29, 1.82) is 0 Å². The third kappa shape index (κ3) is 3.08. The molecule has 1 rings (SSSR count). The molecule has 13 heavy (non-hydrogen) atoms. The van der Waals surface area contributed by atoms with E-state index in [1.807, 2.05) is 0 Å². The molecule has 1 amide bonds. The predicted octanol–water partition coefficient (Wildman–Crippen LogP) is 1.25. The highest BCUT2D eigenvalue weighted by atomic mass is 35.5. The number of nitrogens with two attached hydrogens (primary N) is 1. The number of pyridine rings is 1. The Kier molecular flexibility index (Phi) is 3.33. The van der Waals surface area contributed by atoms with Crippen molar-refractivity contribution in [3.63, 3.8) is 0 Å². The number of ether oxygens (including phenoxy) is 1. The van der Waals surface area contributed by atoms with Crippen LogP contribution in [0.15, 0.2) is 12.3 Å². The minimum absolute atomic E-state index is 0.143. The summed E-state index contributed by atoms with van der Waals surface area (Å²) < 4.78 is 4.88. The summed E-state index contributed by atoms with van der Waals surface area (Å²) in [4.78, 5) is 14.1. The lowest BCUT2D eigenvalue weighted by Gasteiger charge is -2.03. The second kappa shape index (κ2) is 4.30. The fourth-order valence-electron chi connectivity index (χ4n) is 0.648. The molecule has 0 bridgehead atoms. The van der Waals surface area contributed by atoms with Gasteiger partial charge in [-0.25, -0.2) is 4.98 Å². The van der Waals surface area contributed by atoms with E-state index in [9.17, 15) is 4.79 Å². The number of nitrogens with zero attached hydrogens (tertiary/aromatic N) is 1. The molecule has 2 N–H and O–H groups in total. The van der Waals surface area contributed by atoms with E-state index in [1.54, 1.807) is 0 Å². The fourth-order valence-corrected chi connectivity index (χ4v) is 1.08. The Bertz CT molecular complexity index is 330. The quantitative estimate of drug-likeness (QED) is 0.835. The van der Waals surface area contributed by atoms with E-state index in [2.05, 4.69) is 4.98 Å². The lowest BCUT2D eigenvalue weighted by molar-refractivity contribution is -0.120. The van der Waals surface area contributed by atoms with Gasteiger partial charge in [-0.1, -0.05) is 23.2 Å². The van der Waals surface area contributed by atoms with Crippen LogP contribution in [-0.2, 0) is 4.79 Å². The highest BCUT2D eigenvalue weighted by molar-refractivity contribution is 6.35. The van der Waals surface area contributed by atoms with Crippen LogP contribution in [0.5, 0.6) is 5.88 Å². The number of carbonyl (C=O) groups excluding carboxylic acids is 1. The Morgan fingerprint density at radius 1 is 1.62 bits per heavy atom. The number of aromatic nitrogens is 1. The second-order valence-corrected chi connectivity index (χ2v) is 3.04. The molecule has 0 fully saturated rings. The number of amides is 1. The maximum atomic E-state index is 10.4. The van der Waals surface area contributed by atoms with Crippen molar-refractivity contribution in [3.8, 4) is 5.88 Å². The molecule has 0 saturated carbocycles. The van der Waals surface area contributed by atoms with Crippen LogP contribution in [0.1, 0.15) is 0 Å². The van der Waals surface area contributed by atoms with Crippen molar-refractivity contribution in [3.05, 3.63) is 22.3 Å². The molecule has 6 heteroatoms. The first-order valence-corrected chi connectivity index (χ1v) is 4.07. The van der Waals surface area contributed by atoms with Gasteiger partial charge < -0.3 is 10.5 Å². The zero-order chi connectivity index (χ0) is 9.84. The van der Waals surface area contributed by atoms with Crippen molar-refractivity contribution in [1.82, 2.24) is 4.98 Å². The molecule has 0 radical (unpaired) electrons. The van der Waals surface area contributed by atoms with Crippen molar-refractivity contribution in [2.24, 2.45) is 5.73 Å². The Morgan fingerprint density at radius 3 is 2.85 bits per heavy atom. The molecule has 0 aliphatic carbocycles. The molecule has 0 aliphatic rings. The van der Waals surface area contributed by atoms with Crippen LogP contribution in [-0.4, -0.2) is 17.5 Å². The van der Waals surface area contributed by atoms with Gasteiger partial charge in [0, 0.05) is 6.20 Å². The van der Waals surface area contributed by atoms with E-state index in [0.29, 0.717) is 5.02 Å². The molecular formula is C7H6Cl2N2O2. The highest BCUT2D eigenvalue weighted by Gasteiger charge is 2.04. The van der Waals surface area contributed by atoms with Crippen LogP contribution in [0.3, 0.4) is 0 Å². The van der Waals surface area contributed by atoms with Gasteiger partial charge in [-0.2, -0.15) is 0 Å². The first-order valence-electron chi connectivity index (χ1n) is 3.31. The maximum Gasteiger partial charge on any atom is 0.255 e. The summed E-state index contributed by atoms with van der Waals surface area (Å²) >= 11 is 11.3. The molecule has 0 aromatic carbocycles. The molecule has 1 heterocycles. The van der Waals surface area contributed by atoms with E-state index in [0.717, 1.165) is 0 Å². The monoisotopic (exact) mass is 220 g/mol. The van der Waals surface area contributed by atoms with Gasteiger partial charge in [0.2, 0.25) is 5.88 Å². The summed E-state index contributed by atoms with van der Waals surface area (Å²) in [7, 11) is 0. The second-order valence-electron chi connectivity index (χ2n) is 2.20. The van der Waals surface area contributed by atoms with Gasteiger partial charge in [0.05, 0.1) is 5.02 Å². The summed E-state index contributed by atoms with van der Waals surface area (Å²) in [5, 5.41) is 0.644. The van der Waals surface area contributed by atoms with Crippen molar-refractivity contribution in [2.45, 2.75) is 0 Å². The van der Waals surface area contributed by atoms with Gasteiger partial charge in [0.1, 0.15) is 5.02 Å². The molecule has 1 aromatic rings. The lowest BCUT2D eigenvalue weighted by atomic mass is 10.5. The summed E-state index contributed by atoms with van der Waals surface area (Å²) in [6, 6.07) is 1.46. The predicted molar refractivity (Wildman–Crippen MR) is 48.9 cm³/mol. The van der Waals surface area contributed by atoms with Crippen molar-refractivity contribution >= 4 is 29.1 Å². The Hall–Kier alpha value is -1.000. The Morgan fingerprint density at radius 2 is 2.31 bits per heavy atom. The van der Waals surface area contributed by atoms with Gasteiger partial charge in [-0.15, -0.1) is 0 Å². The number of hydrogen-bond donors (Lipinski definition) is 1. The third-order valence-corrected chi connectivity index (χ3v) is 1.60. The summed E-state index contributed by atoms with van der Waals surface area (Å²) in [5.74, 6) is -0.447. The number of primary amides is 1. The van der Waals surface area contributed by atoms with E-state index >= 15 is 0 Å². The summed E-state index contributed by atoms with van der Waals surface area (Å²) in [5.41, 5.74) is 4.86. The van der Waals surface area contributed by atoms with Gasteiger partial charge in [0.15, 0.2) is 6.61 Å². The third-order valence-electron chi connectivity index (χ3n) is 1.13. The molecule has 0 spiro atoms. The van der Waals surface area contributed by atoms with Crippen molar-refractivity contribution < 1.29 is 9.53 Å². The smallest absolute Gasteiger partial charge is 0.255 e.